The molecule has 1 aromatic carbocycles. The van der Waals surface area contributed by atoms with Crippen molar-refractivity contribution in [3.05, 3.63) is 28.2 Å². The summed E-state index contributed by atoms with van der Waals surface area (Å²) in [4.78, 5) is 0. The predicted octanol–water partition coefficient (Wildman–Crippen LogP) is 1.51. The Balaban J connectivity index is 0.00000225. The first-order valence-electron chi connectivity index (χ1n) is 5.47. The second kappa shape index (κ2) is 7.14. The van der Waals surface area contributed by atoms with Crippen molar-refractivity contribution in [3.63, 3.8) is 0 Å². The summed E-state index contributed by atoms with van der Waals surface area (Å²) >= 11 is 12.5. The average Bonchev–Trinajstić information content (AvgIpc) is 2.24. The molecule has 0 N–H and O–H groups in total. The predicted molar refractivity (Wildman–Crippen MR) is 72.1 cm³/mol. The van der Waals surface area contributed by atoms with Crippen LogP contribution in [0.5, 0.6) is 0 Å². The average molecular weight is 267 g/mol. The molecule has 16 heavy (non-hydrogen) atoms. The molecule has 0 heterocycles. The van der Waals surface area contributed by atoms with Crippen molar-refractivity contribution < 1.29 is 18.9 Å². The minimum absolute atomic E-state index is 0. The maximum absolute atomic E-state index is 6.28. The summed E-state index contributed by atoms with van der Waals surface area (Å²) in [5.41, 5.74) is 0. The van der Waals surface area contributed by atoms with Gasteiger partial charge in [0, 0.05) is 8.07 Å². The van der Waals surface area contributed by atoms with Crippen LogP contribution in [0.2, 0.25) is 28.2 Å². The summed E-state index contributed by atoms with van der Waals surface area (Å²) in [5.74, 6) is 0. The third-order valence-corrected chi connectivity index (χ3v) is 10.0. The van der Waals surface area contributed by atoms with E-state index in [4.69, 9.17) is 23.2 Å². The van der Waals surface area contributed by atoms with Crippen LogP contribution in [0.1, 0.15) is 20.8 Å². The Morgan fingerprint density at radius 3 is 2.00 bits per heavy atom. The van der Waals surface area contributed by atoms with Gasteiger partial charge in [-0.25, -0.2) is 0 Å². The molecular weight excluding hydrogens is 250 g/mol. The van der Waals surface area contributed by atoms with Crippen LogP contribution in [0.3, 0.4) is 0 Å². The molecule has 0 nitrogen and oxygen atoms in total. The Morgan fingerprint density at radius 1 is 1.12 bits per heavy atom. The first-order valence-corrected chi connectivity index (χ1v) is 8.85. The minimum Gasteiger partial charge on any atom is -0.174 e. The SMILES string of the molecule is CC[Si](CC)(CC)c1c(Cl)[c-]ccc1Cl.[Li+]. The van der Waals surface area contributed by atoms with Crippen LogP contribution in [0.15, 0.2) is 12.1 Å². The molecule has 0 aliphatic rings. The normalized spacial score (nSPS) is 11.1. The molecule has 4 heteroatoms. The molecule has 0 aromatic heterocycles. The summed E-state index contributed by atoms with van der Waals surface area (Å²) < 4.78 is 0. The molecule has 1 aromatic rings. The summed E-state index contributed by atoms with van der Waals surface area (Å²) in [6.45, 7) is 6.75. The van der Waals surface area contributed by atoms with Gasteiger partial charge in [0.15, 0.2) is 0 Å². The molecule has 0 atom stereocenters. The van der Waals surface area contributed by atoms with Crippen LogP contribution in [-0.4, -0.2) is 8.07 Å². The number of rotatable bonds is 4. The van der Waals surface area contributed by atoms with E-state index >= 15 is 0 Å². The van der Waals surface area contributed by atoms with Gasteiger partial charge in [-0.15, -0.1) is 28.4 Å². The number of benzene rings is 1. The first kappa shape index (κ1) is 16.6. The molecule has 0 saturated carbocycles. The van der Waals surface area contributed by atoms with Gasteiger partial charge in [0.25, 0.3) is 0 Å². The van der Waals surface area contributed by atoms with Gasteiger partial charge in [-0.3, -0.25) is 0 Å². The largest absolute Gasteiger partial charge is 1.00 e. The van der Waals surface area contributed by atoms with Crippen molar-refractivity contribution in [2.75, 3.05) is 0 Å². The van der Waals surface area contributed by atoms with E-state index in [-0.39, 0.29) is 18.9 Å². The molecule has 0 saturated heterocycles. The summed E-state index contributed by atoms with van der Waals surface area (Å²) in [6.07, 6.45) is 0. The van der Waals surface area contributed by atoms with Crippen molar-refractivity contribution >= 4 is 36.5 Å². The fourth-order valence-corrected chi connectivity index (χ4v) is 7.48. The molecule has 0 radical (unpaired) electrons. The van der Waals surface area contributed by atoms with Gasteiger partial charge in [-0.05, 0) is 0 Å². The second-order valence-electron chi connectivity index (χ2n) is 3.86. The smallest absolute Gasteiger partial charge is 0.174 e. The quantitative estimate of drug-likeness (QED) is 0.573. The van der Waals surface area contributed by atoms with E-state index in [0.29, 0.717) is 0 Å². The second-order valence-corrected chi connectivity index (χ2v) is 9.82. The Morgan fingerprint density at radius 2 is 1.62 bits per heavy atom. The molecule has 84 valence electrons. The molecule has 0 aliphatic carbocycles. The van der Waals surface area contributed by atoms with Crippen LogP contribution in [0.4, 0.5) is 0 Å². The third-order valence-electron chi connectivity index (χ3n) is 3.46. The van der Waals surface area contributed by atoms with E-state index in [1.54, 1.807) is 6.07 Å². The van der Waals surface area contributed by atoms with Crippen LogP contribution in [0, 0.1) is 6.07 Å². The van der Waals surface area contributed by atoms with E-state index in [1.807, 2.05) is 6.07 Å². The van der Waals surface area contributed by atoms with Crippen molar-refractivity contribution in [1.29, 1.82) is 0 Å². The van der Waals surface area contributed by atoms with Gasteiger partial charge in [-0.1, -0.05) is 48.9 Å². The molecule has 0 bridgehead atoms. The Kier molecular flexibility index (Phi) is 7.41. The van der Waals surface area contributed by atoms with Crippen LogP contribution in [0.25, 0.3) is 0 Å². The van der Waals surface area contributed by atoms with E-state index in [1.165, 1.54) is 23.3 Å². The standard InChI is InChI=1S/C12H17Cl2Si.Li/c1-4-15(5-2,6-3)12-10(13)8-7-9-11(12)14;/h7-8H,4-6H2,1-3H3;/q-1;+1. The minimum atomic E-state index is -1.48. The molecule has 0 aliphatic heterocycles. The maximum atomic E-state index is 6.28. The monoisotopic (exact) mass is 266 g/mol. The molecule has 0 spiro atoms. The number of halogens is 2. The third kappa shape index (κ3) is 3.09. The van der Waals surface area contributed by atoms with Crippen molar-refractivity contribution in [3.8, 4) is 0 Å². The molecular formula is C12H17Cl2LiSi. The van der Waals surface area contributed by atoms with Gasteiger partial charge in [0.2, 0.25) is 0 Å². The van der Waals surface area contributed by atoms with Crippen molar-refractivity contribution in [2.24, 2.45) is 0 Å². The zero-order valence-electron chi connectivity index (χ0n) is 10.5. The Labute approximate surface area is 122 Å². The van der Waals surface area contributed by atoms with Crippen molar-refractivity contribution in [2.45, 2.75) is 38.9 Å². The fraction of sp³-hybridized carbons (Fsp3) is 0.500. The summed E-state index contributed by atoms with van der Waals surface area (Å²) in [6, 6.07) is 10.3. The van der Waals surface area contributed by atoms with Crippen LogP contribution in [-0.2, 0) is 0 Å². The van der Waals surface area contributed by atoms with E-state index < -0.39 is 8.07 Å². The maximum Gasteiger partial charge on any atom is 1.00 e. The zero-order chi connectivity index (χ0) is 11.5. The molecule has 0 fully saturated rings. The van der Waals surface area contributed by atoms with E-state index in [2.05, 4.69) is 26.8 Å². The van der Waals surface area contributed by atoms with E-state index in [0.717, 1.165) is 10.0 Å². The van der Waals surface area contributed by atoms with Crippen LogP contribution < -0.4 is 24.0 Å². The molecule has 0 unspecified atom stereocenters. The van der Waals surface area contributed by atoms with Crippen molar-refractivity contribution in [1.82, 2.24) is 0 Å². The zero-order valence-corrected chi connectivity index (χ0v) is 13.0. The van der Waals surface area contributed by atoms with Gasteiger partial charge in [0.05, 0.1) is 0 Å². The van der Waals surface area contributed by atoms with Gasteiger partial charge in [0.1, 0.15) is 0 Å². The van der Waals surface area contributed by atoms with Gasteiger partial charge >= 0.3 is 18.9 Å². The Hall–Kier alpha value is 0.614. The fourth-order valence-electron chi connectivity index (χ4n) is 2.21. The number of hydrogen-bond acceptors (Lipinski definition) is 0. The summed E-state index contributed by atoms with van der Waals surface area (Å²) in [5, 5.41) is 2.77. The van der Waals surface area contributed by atoms with E-state index in [9.17, 15) is 0 Å². The van der Waals surface area contributed by atoms with Gasteiger partial charge in [-0.2, -0.15) is 18.2 Å². The Bertz CT molecular complexity index is 309. The van der Waals surface area contributed by atoms with Gasteiger partial charge < -0.3 is 0 Å². The summed E-state index contributed by atoms with van der Waals surface area (Å²) in [7, 11) is -1.48. The van der Waals surface area contributed by atoms with Crippen LogP contribution >= 0.6 is 23.2 Å². The molecule has 0 amide bonds. The molecule has 1 rings (SSSR count). The topological polar surface area (TPSA) is 0 Å². The first-order chi connectivity index (χ1) is 7.11. The number of hydrogen-bond donors (Lipinski definition) is 0.